The van der Waals surface area contributed by atoms with Gasteiger partial charge >= 0.3 is 0 Å². The van der Waals surface area contributed by atoms with Crippen LogP contribution in [0, 0.1) is 13.8 Å². The number of fused-ring (bicyclic) bond motifs is 1. The second-order valence-corrected chi connectivity index (χ2v) is 9.32. The van der Waals surface area contributed by atoms with Gasteiger partial charge in [-0.15, -0.1) is 0 Å². The number of nitrogens with zero attached hydrogens (tertiary/aromatic N) is 2. The number of aromatic amines is 1. The molecule has 0 saturated carbocycles. The number of rotatable bonds is 6. The van der Waals surface area contributed by atoms with Crippen molar-refractivity contribution in [3.63, 3.8) is 0 Å². The highest BCUT2D eigenvalue weighted by molar-refractivity contribution is 6.30. The quantitative estimate of drug-likeness (QED) is 0.357. The summed E-state index contributed by atoms with van der Waals surface area (Å²) < 4.78 is 5.26. The Kier molecular flexibility index (Phi) is 5.99. The molecule has 6 nitrogen and oxygen atoms in total. The van der Waals surface area contributed by atoms with Gasteiger partial charge in [0.2, 0.25) is 0 Å². The Bertz CT molecular complexity index is 1370. The average Bonchev–Trinajstić information content (AvgIpc) is 3.37. The Hall–Kier alpha value is -3.77. The number of aryl methyl sites for hydroxylation is 2. The Morgan fingerprint density at radius 1 is 1.09 bits per heavy atom. The van der Waals surface area contributed by atoms with Gasteiger partial charge < -0.3 is 14.7 Å². The Labute approximate surface area is 209 Å². The number of carbonyl (C=O) groups is 1. The first-order chi connectivity index (χ1) is 16.9. The first-order valence-corrected chi connectivity index (χ1v) is 11.8. The number of phenolic OH excluding ortho intramolecular Hbond substituents is 1. The van der Waals surface area contributed by atoms with Crippen LogP contribution in [-0.4, -0.2) is 39.8 Å². The van der Waals surface area contributed by atoms with Crippen LogP contribution < -0.4 is 4.74 Å². The number of nitrogens with one attached hydrogen (secondary N) is 1. The number of methoxy groups -OCH3 is 1. The van der Waals surface area contributed by atoms with E-state index in [-0.39, 0.29) is 17.7 Å². The van der Waals surface area contributed by atoms with Gasteiger partial charge in [-0.3, -0.25) is 9.89 Å². The van der Waals surface area contributed by atoms with Gasteiger partial charge in [-0.2, -0.15) is 5.10 Å². The first kappa shape index (κ1) is 23.0. The summed E-state index contributed by atoms with van der Waals surface area (Å²) in [5.41, 5.74) is 6.35. The number of aromatic nitrogens is 2. The summed E-state index contributed by atoms with van der Waals surface area (Å²) in [6, 6.07) is 18.8. The predicted molar refractivity (Wildman–Crippen MR) is 136 cm³/mol. The van der Waals surface area contributed by atoms with Crippen molar-refractivity contribution in [3.8, 4) is 22.8 Å². The molecule has 2 heterocycles. The maximum Gasteiger partial charge on any atom is 0.273 e. The summed E-state index contributed by atoms with van der Waals surface area (Å²) in [7, 11) is 1.64. The summed E-state index contributed by atoms with van der Waals surface area (Å²) in [5.74, 6) is 0.830. The fourth-order valence-corrected chi connectivity index (χ4v) is 5.03. The zero-order valence-corrected chi connectivity index (χ0v) is 20.6. The molecule has 1 aromatic heterocycles. The van der Waals surface area contributed by atoms with Gasteiger partial charge in [0.1, 0.15) is 22.9 Å². The molecule has 7 heteroatoms. The predicted octanol–water partition coefficient (Wildman–Crippen LogP) is 5.85. The number of carbonyl (C=O) groups excluding carboxylic acids is 1. The third-order valence-electron chi connectivity index (χ3n) is 6.55. The molecule has 0 spiro atoms. The van der Waals surface area contributed by atoms with E-state index >= 15 is 0 Å². The van der Waals surface area contributed by atoms with E-state index in [9.17, 15) is 9.90 Å². The molecule has 4 aromatic rings. The van der Waals surface area contributed by atoms with Gasteiger partial charge in [0, 0.05) is 22.7 Å². The fourth-order valence-electron chi connectivity index (χ4n) is 4.90. The maximum absolute atomic E-state index is 13.6. The molecule has 0 fully saturated rings. The van der Waals surface area contributed by atoms with E-state index in [1.165, 1.54) is 0 Å². The van der Waals surface area contributed by atoms with Gasteiger partial charge in [0.05, 0.1) is 13.2 Å². The molecule has 35 heavy (non-hydrogen) atoms. The van der Waals surface area contributed by atoms with Crippen molar-refractivity contribution >= 4 is 17.5 Å². The zero-order valence-electron chi connectivity index (χ0n) is 19.8. The molecule has 0 aliphatic carbocycles. The molecular formula is C28H26ClN3O3. The smallest absolute Gasteiger partial charge is 0.273 e. The molecule has 1 unspecified atom stereocenters. The third kappa shape index (κ3) is 4.15. The minimum atomic E-state index is -0.359. The van der Waals surface area contributed by atoms with Crippen LogP contribution in [0.1, 0.15) is 44.3 Å². The molecule has 1 aliphatic rings. The number of phenols is 1. The lowest BCUT2D eigenvalue weighted by Crippen LogP contribution is -2.31. The standard InChI is InChI=1S/C28H26ClN3O3/c1-16-14-17(2)23(22(33)15-16)25-24-26(31-30-25)28(34)32(27(24)19-6-8-20(29)9-7-19)13-12-18-4-10-21(35-3)11-5-18/h4-11,14-15,27,33H,12-13H2,1-3H3,(H,30,31). The minimum absolute atomic E-state index is 0.114. The molecule has 5 rings (SSSR count). The summed E-state index contributed by atoms with van der Waals surface area (Å²) in [6.07, 6.45) is 0.682. The Balaban J connectivity index is 1.57. The molecule has 0 radical (unpaired) electrons. The number of aromatic hydroxyl groups is 1. The molecule has 1 atom stereocenters. The molecule has 3 aromatic carbocycles. The van der Waals surface area contributed by atoms with Gasteiger partial charge in [-0.25, -0.2) is 0 Å². The summed E-state index contributed by atoms with van der Waals surface area (Å²) in [5, 5.41) is 18.9. The fraction of sp³-hybridized carbons (Fsp3) is 0.214. The molecule has 1 amide bonds. The van der Waals surface area contributed by atoms with Crippen molar-refractivity contribution in [1.29, 1.82) is 0 Å². The minimum Gasteiger partial charge on any atom is -0.507 e. The van der Waals surface area contributed by atoms with Crippen molar-refractivity contribution in [3.05, 3.63) is 99.2 Å². The number of ether oxygens (including phenoxy) is 1. The summed E-state index contributed by atoms with van der Waals surface area (Å²) in [6.45, 7) is 4.39. The highest BCUT2D eigenvalue weighted by Gasteiger charge is 2.42. The molecule has 0 bridgehead atoms. The number of amides is 1. The first-order valence-electron chi connectivity index (χ1n) is 11.5. The molecular weight excluding hydrogens is 462 g/mol. The van der Waals surface area contributed by atoms with Gasteiger partial charge in [-0.1, -0.05) is 41.9 Å². The lowest BCUT2D eigenvalue weighted by atomic mass is 9.93. The van der Waals surface area contributed by atoms with E-state index in [0.717, 1.165) is 33.6 Å². The van der Waals surface area contributed by atoms with Crippen LogP contribution in [0.25, 0.3) is 11.3 Å². The van der Waals surface area contributed by atoms with Crippen molar-refractivity contribution in [2.24, 2.45) is 0 Å². The molecule has 178 valence electrons. The second kappa shape index (κ2) is 9.12. The summed E-state index contributed by atoms with van der Waals surface area (Å²) >= 11 is 6.17. The van der Waals surface area contributed by atoms with Crippen molar-refractivity contribution < 1.29 is 14.6 Å². The average molecular weight is 488 g/mol. The van der Waals surface area contributed by atoms with Crippen molar-refractivity contribution in [2.75, 3.05) is 13.7 Å². The number of hydrogen-bond donors (Lipinski definition) is 2. The lowest BCUT2D eigenvalue weighted by molar-refractivity contribution is 0.0746. The van der Waals surface area contributed by atoms with Crippen LogP contribution in [0.5, 0.6) is 11.5 Å². The lowest BCUT2D eigenvalue weighted by Gasteiger charge is -2.27. The van der Waals surface area contributed by atoms with E-state index in [1.54, 1.807) is 13.2 Å². The highest BCUT2D eigenvalue weighted by atomic mass is 35.5. The maximum atomic E-state index is 13.6. The topological polar surface area (TPSA) is 78.5 Å². The molecule has 2 N–H and O–H groups in total. The number of halogens is 1. The van der Waals surface area contributed by atoms with Crippen LogP contribution in [0.4, 0.5) is 0 Å². The second-order valence-electron chi connectivity index (χ2n) is 8.89. The Morgan fingerprint density at radius 2 is 1.80 bits per heavy atom. The van der Waals surface area contributed by atoms with Crippen molar-refractivity contribution in [2.45, 2.75) is 26.3 Å². The van der Waals surface area contributed by atoms with E-state index in [4.69, 9.17) is 16.3 Å². The normalized spacial score (nSPS) is 14.9. The summed E-state index contributed by atoms with van der Waals surface area (Å²) in [4.78, 5) is 15.4. The van der Waals surface area contributed by atoms with Crippen molar-refractivity contribution in [1.82, 2.24) is 15.1 Å². The highest BCUT2D eigenvalue weighted by Crippen LogP contribution is 2.45. The zero-order chi connectivity index (χ0) is 24.7. The van der Waals surface area contributed by atoms with Gasteiger partial charge in [0.15, 0.2) is 0 Å². The van der Waals surface area contributed by atoms with Crippen LogP contribution >= 0.6 is 11.6 Å². The third-order valence-corrected chi connectivity index (χ3v) is 6.80. The monoisotopic (exact) mass is 487 g/mol. The van der Waals surface area contributed by atoms with E-state index in [2.05, 4.69) is 10.2 Å². The van der Waals surface area contributed by atoms with E-state index < -0.39 is 0 Å². The number of benzene rings is 3. The van der Waals surface area contributed by atoms with Crippen LogP contribution in [0.15, 0.2) is 60.7 Å². The number of H-pyrrole nitrogens is 1. The number of hydrogen-bond acceptors (Lipinski definition) is 4. The van der Waals surface area contributed by atoms with Crippen LogP contribution in [0.3, 0.4) is 0 Å². The molecule has 1 aliphatic heterocycles. The molecule has 0 saturated heterocycles. The SMILES string of the molecule is COc1ccc(CCN2C(=O)c3[nH]nc(-c4c(C)cc(C)cc4O)c3C2c2ccc(Cl)cc2)cc1. The Morgan fingerprint density at radius 3 is 2.46 bits per heavy atom. The van der Waals surface area contributed by atoms with Crippen LogP contribution in [-0.2, 0) is 6.42 Å². The van der Waals surface area contributed by atoms with E-state index in [0.29, 0.717) is 34.9 Å². The van der Waals surface area contributed by atoms with Gasteiger partial charge in [0.25, 0.3) is 5.91 Å². The van der Waals surface area contributed by atoms with Crippen LogP contribution in [0.2, 0.25) is 5.02 Å². The van der Waals surface area contributed by atoms with Gasteiger partial charge in [-0.05, 0) is 72.9 Å². The largest absolute Gasteiger partial charge is 0.507 e. The van der Waals surface area contributed by atoms with E-state index in [1.807, 2.05) is 73.3 Å².